The molecule has 2 N–H and O–H groups in total. The van der Waals surface area contributed by atoms with E-state index in [-0.39, 0.29) is 17.9 Å². The van der Waals surface area contributed by atoms with Gasteiger partial charge in [0.15, 0.2) is 0 Å². The molecule has 3 aromatic carbocycles. The largest absolute Gasteiger partial charge is 0.350 e. The van der Waals surface area contributed by atoms with E-state index in [1.807, 2.05) is 60.3 Å². The fourth-order valence-corrected chi connectivity index (χ4v) is 4.95. The lowest BCUT2D eigenvalue weighted by Crippen LogP contribution is -2.44. The summed E-state index contributed by atoms with van der Waals surface area (Å²) < 4.78 is 1.81. The van der Waals surface area contributed by atoms with Crippen molar-refractivity contribution in [1.29, 1.82) is 0 Å². The van der Waals surface area contributed by atoms with Gasteiger partial charge in [-0.05, 0) is 54.7 Å². The lowest BCUT2D eigenvalue weighted by Gasteiger charge is -2.29. The molecule has 35 heavy (non-hydrogen) atoms. The van der Waals surface area contributed by atoms with Gasteiger partial charge < -0.3 is 10.6 Å². The van der Waals surface area contributed by atoms with E-state index < -0.39 is 5.54 Å². The van der Waals surface area contributed by atoms with Crippen LogP contribution in [0.15, 0.2) is 85.2 Å². The van der Waals surface area contributed by atoms with Crippen molar-refractivity contribution in [3.05, 3.63) is 96.3 Å². The Hall–Kier alpha value is -3.93. The van der Waals surface area contributed by atoms with Crippen molar-refractivity contribution in [3.8, 4) is 5.69 Å². The summed E-state index contributed by atoms with van der Waals surface area (Å²) in [6.45, 7) is 1.96. The van der Waals surface area contributed by atoms with Crippen LogP contribution in [0.25, 0.3) is 16.5 Å². The second-order valence-electron chi connectivity index (χ2n) is 9.53. The highest BCUT2D eigenvalue weighted by atomic mass is 16.2. The fourth-order valence-electron chi connectivity index (χ4n) is 4.95. The Morgan fingerprint density at radius 2 is 1.86 bits per heavy atom. The number of carbonyl (C=O) groups is 2. The van der Waals surface area contributed by atoms with Gasteiger partial charge in [0.05, 0.1) is 17.9 Å². The van der Waals surface area contributed by atoms with Crippen LogP contribution in [0.3, 0.4) is 0 Å². The molecule has 0 unspecified atom stereocenters. The number of carbonyl (C=O) groups excluding carboxylic acids is 2. The van der Waals surface area contributed by atoms with Crippen LogP contribution >= 0.6 is 0 Å². The van der Waals surface area contributed by atoms with Crippen molar-refractivity contribution in [1.82, 2.24) is 20.4 Å². The minimum absolute atomic E-state index is 0.0241. The molecule has 1 saturated heterocycles. The highest BCUT2D eigenvalue weighted by Crippen LogP contribution is 2.31. The number of rotatable bonds is 8. The summed E-state index contributed by atoms with van der Waals surface area (Å²) in [7, 11) is 0. The molecular weight excluding hydrogens is 436 g/mol. The van der Waals surface area contributed by atoms with E-state index >= 15 is 0 Å². The number of hydrogen-bond donors (Lipinski definition) is 2. The zero-order valence-electron chi connectivity index (χ0n) is 19.9. The first kappa shape index (κ1) is 22.8. The van der Waals surface area contributed by atoms with Crippen LogP contribution in [-0.4, -0.2) is 27.1 Å². The molecule has 1 aromatic heterocycles. The Labute approximate surface area is 205 Å². The summed E-state index contributed by atoms with van der Waals surface area (Å²) in [6.07, 6.45) is 6.65. The minimum Gasteiger partial charge on any atom is -0.350 e. The van der Waals surface area contributed by atoms with Crippen molar-refractivity contribution in [2.45, 2.75) is 50.6 Å². The zero-order chi connectivity index (χ0) is 24.3. The predicted octanol–water partition coefficient (Wildman–Crippen LogP) is 4.87. The van der Waals surface area contributed by atoms with Gasteiger partial charge in [-0.15, -0.1) is 0 Å². The molecule has 1 aliphatic heterocycles. The van der Waals surface area contributed by atoms with Gasteiger partial charge in [-0.1, -0.05) is 60.7 Å². The van der Waals surface area contributed by atoms with Crippen molar-refractivity contribution in [2.24, 2.45) is 0 Å². The third kappa shape index (κ3) is 5.27. The molecule has 0 bridgehead atoms. The van der Waals surface area contributed by atoms with Crippen LogP contribution in [-0.2, 0) is 16.0 Å². The smallest absolute Gasteiger partial charge is 0.220 e. The number of nitrogens with zero attached hydrogens (tertiary/aromatic N) is 2. The summed E-state index contributed by atoms with van der Waals surface area (Å²) in [6, 6.07) is 24.4. The number of hydrogen-bond acceptors (Lipinski definition) is 3. The average molecular weight is 467 g/mol. The third-order valence-corrected chi connectivity index (χ3v) is 6.92. The van der Waals surface area contributed by atoms with Gasteiger partial charge in [0.1, 0.15) is 0 Å². The van der Waals surface area contributed by atoms with E-state index in [0.717, 1.165) is 24.1 Å². The van der Waals surface area contributed by atoms with Gasteiger partial charge in [-0.2, -0.15) is 5.10 Å². The summed E-state index contributed by atoms with van der Waals surface area (Å²) in [4.78, 5) is 25.0. The molecule has 178 valence electrons. The van der Waals surface area contributed by atoms with Crippen LogP contribution in [0.1, 0.15) is 49.8 Å². The van der Waals surface area contributed by atoms with E-state index in [2.05, 4.69) is 46.1 Å². The topological polar surface area (TPSA) is 76.0 Å². The van der Waals surface area contributed by atoms with Gasteiger partial charge >= 0.3 is 0 Å². The van der Waals surface area contributed by atoms with Crippen molar-refractivity contribution >= 4 is 22.6 Å². The number of para-hydroxylation sites is 1. The van der Waals surface area contributed by atoms with Gasteiger partial charge in [-0.3, -0.25) is 9.59 Å². The van der Waals surface area contributed by atoms with Gasteiger partial charge in [0.25, 0.3) is 0 Å². The Morgan fingerprint density at radius 1 is 1.09 bits per heavy atom. The highest BCUT2D eigenvalue weighted by Gasteiger charge is 2.38. The van der Waals surface area contributed by atoms with Crippen LogP contribution in [0.5, 0.6) is 0 Å². The maximum absolute atomic E-state index is 12.9. The SMILES string of the molecule is C[C@@H](NC(=O)CC[C@]1(Cc2ccc3ccccc3c2)CCC(=O)N1)c1cnn(-c2ccccc2)c1. The number of aromatic nitrogens is 2. The monoisotopic (exact) mass is 466 g/mol. The number of nitrogens with one attached hydrogen (secondary N) is 2. The van der Waals surface area contributed by atoms with Crippen molar-refractivity contribution in [2.75, 3.05) is 0 Å². The van der Waals surface area contributed by atoms with Crippen LogP contribution in [0.4, 0.5) is 0 Å². The van der Waals surface area contributed by atoms with Crippen LogP contribution in [0, 0.1) is 0 Å². The molecule has 0 spiro atoms. The molecule has 0 radical (unpaired) electrons. The quantitative estimate of drug-likeness (QED) is 0.389. The van der Waals surface area contributed by atoms with E-state index in [1.54, 1.807) is 6.20 Å². The molecule has 2 amide bonds. The standard InChI is InChI=1S/C29H30N4O2/c1-21(25-19-30-33(20-25)26-9-3-2-4-10-26)31-27(34)13-15-29(16-14-28(35)32-29)18-22-11-12-23-7-5-6-8-24(23)17-22/h2-12,17,19-21H,13-16,18H2,1H3,(H,31,34)(H,32,35)/t21-,29-/m1/s1. The lowest BCUT2D eigenvalue weighted by atomic mass is 9.84. The van der Waals surface area contributed by atoms with Crippen molar-refractivity contribution in [3.63, 3.8) is 0 Å². The first-order chi connectivity index (χ1) is 17.0. The molecule has 2 heterocycles. The van der Waals surface area contributed by atoms with E-state index in [1.165, 1.54) is 16.3 Å². The maximum Gasteiger partial charge on any atom is 0.220 e. The molecule has 5 rings (SSSR count). The Morgan fingerprint density at radius 3 is 2.63 bits per heavy atom. The van der Waals surface area contributed by atoms with E-state index in [0.29, 0.717) is 19.3 Å². The van der Waals surface area contributed by atoms with Crippen LogP contribution < -0.4 is 10.6 Å². The van der Waals surface area contributed by atoms with E-state index in [9.17, 15) is 9.59 Å². The second-order valence-corrected chi connectivity index (χ2v) is 9.53. The molecule has 0 aliphatic carbocycles. The molecule has 0 saturated carbocycles. The Kier molecular flexibility index (Phi) is 6.36. The summed E-state index contributed by atoms with van der Waals surface area (Å²) >= 11 is 0. The lowest BCUT2D eigenvalue weighted by molar-refractivity contribution is -0.123. The first-order valence-electron chi connectivity index (χ1n) is 12.2. The van der Waals surface area contributed by atoms with Crippen molar-refractivity contribution < 1.29 is 9.59 Å². The van der Waals surface area contributed by atoms with Gasteiger partial charge in [-0.25, -0.2) is 4.68 Å². The molecule has 2 atom stereocenters. The maximum atomic E-state index is 12.9. The fraction of sp³-hybridized carbons (Fsp3) is 0.276. The molecule has 1 aliphatic rings. The number of benzene rings is 3. The highest BCUT2D eigenvalue weighted by molar-refractivity contribution is 5.83. The summed E-state index contributed by atoms with van der Waals surface area (Å²) in [5.74, 6) is 0.0388. The van der Waals surface area contributed by atoms with Gasteiger partial charge in [0, 0.05) is 30.1 Å². The molecule has 6 nitrogen and oxygen atoms in total. The molecule has 1 fully saturated rings. The van der Waals surface area contributed by atoms with Crippen LogP contribution in [0.2, 0.25) is 0 Å². The molecule has 4 aromatic rings. The number of amides is 2. The second kappa shape index (κ2) is 9.74. The molecular formula is C29H30N4O2. The third-order valence-electron chi connectivity index (χ3n) is 6.92. The normalized spacial score (nSPS) is 18.4. The Bertz CT molecular complexity index is 1350. The summed E-state index contributed by atoms with van der Waals surface area (Å²) in [5, 5.41) is 13.1. The first-order valence-corrected chi connectivity index (χ1v) is 12.2. The average Bonchev–Trinajstić information content (AvgIpc) is 3.51. The summed E-state index contributed by atoms with van der Waals surface area (Å²) in [5.41, 5.74) is 2.71. The van der Waals surface area contributed by atoms with Gasteiger partial charge in [0.2, 0.25) is 11.8 Å². The number of fused-ring (bicyclic) bond motifs is 1. The molecule has 6 heteroatoms. The Balaban J connectivity index is 1.22. The predicted molar refractivity (Wildman–Crippen MR) is 137 cm³/mol. The minimum atomic E-state index is -0.391. The zero-order valence-corrected chi connectivity index (χ0v) is 19.9. The van der Waals surface area contributed by atoms with E-state index in [4.69, 9.17) is 0 Å².